The van der Waals surface area contributed by atoms with E-state index < -0.39 is 6.09 Å². The Morgan fingerprint density at radius 3 is 2.39 bits per heavy atom. The van der Waals surface area contributed by atoms with Gasteiger partial charge < -0.3 is 14.8 Å². The molecular formula is C22H28N2O4. The van der Waals surface area contributed by atoms with Crippen LogP contribution in [0.15, 0.2) is 48.5 Å². The van der Waals surface area contributed by atoms with Crippen LogP contribution in [0.4, 0.5) is 10.5 Å². The molecule has 0 bridgehead atoms. The first-order valence-corrected chi connectivity index (χ1v) is 9.35. The third-order valence-electron chi connectivity index (χ3n) is 4.02. The summed E-state index contributed by atoms with van der Waals surface area (Å²) < 4.78 is 10.5. The number of hydrogen-bond acceptors (Lipinski definition) is 4. The van der Waals surface area contributed by atoms with Gasteiger partial charge in [-0.1, -0.05) is 39.0 Å². The van der Waals surface area contributed by atoms with Crippen LogP contribution < -0.4 is 15.4 Å². The largest absolute Gasteiger partial charge is 0.492 e. The summed E-state index contributed by atoms with van der Waals surface area (Å²) in [4.78, 5) is 23.7. The van der Waals surface area contributed by atoms with Crippen LogP contribution in [0.3, 0.4) is 0 Å². The van der Waals surface area contributed by atoms with Gasteiger partial charge in [0.2, 0.25) is 0 Å². The van der Waals surface area contributed by atoms with Crippen molar-refractivity contribution in [1.29, 1.82) is 0 Å². The molecule has 0 fully saturated rings. The van der Waals surface area contributed by atoms with Crippen LogP contribution in [0.2, 0.25) is 0 Å². The summed E-state index contributed by atoms with van der Waals surface area (Å²) in [5, 5.41) is 5.38. The van der Waals surface area contributed by atoms with Gasteiger partial charge in [-0.3, -0.25) is 10.1 Å². The van der Waals surface area contributed by atoms with E-state index in [1.54, 1.807) is 31.2 Å². The summed E-state index contributed by atoms with van der Waals surface area (Å²) in [5.74, 6) is 0.530. The quantitative estimate of drug-likeness (QED) is 0.696. The van der Waals surface area contributed by atoms with Crippen LogP contribution >= 0.6 is 0 Å². The zero-order valence-electron chi connectivity index (χ0n) is 16.9. The van der Waals surface area contributed by atoms with E-state index in [2.05, 4.69) is 43.5 Å². The Morgan fingerprint density at radius 1 is 1.04 bits per heavy atom. The molecule has 0 radical (unpaired) electrons. The fraction of sp³-hybridized carbons (Fsp3) is 0.364. The molecule has 6 nitrogen and oxygen atoms in total. The van der Waals surface area contributed by atoms with E-state index in [4.69, 9.17) is 9.47 Å². The molecule has 2 amide bonds. The fourth-order valence-electron chi connectivity index (χ4n) is 2.51. The number of nitrogens with one attached hydrogen (secondary N) is 2. The highest BCUT2D eigenvalue weighted by atomic mass is 16.5. The Bertz CT molecular complexity index is 795. The molecule has 2 rings (SSSR count). The first kappa shape index (κ1) is 21.3. The zero-order valence-corrected chi connectivity index (χ0v) is 16.9. The van der Waals surface area contributed by atoms with E-state index in [0.717, 1.165) is 5.75 Å². The van der Waals surface area contributed by atoms with Crippen molar-refractivity contribution >= 4 is 17.7 Å². The van der Waals surface area contributed by atoms with Crippen molar-refractivity contribution in [2.75, 3.05) is 25.1 Å². The minimum Gasteiger partial charge on any atom is -0.492 e. The van der Waals surface area contributed by atoms with Gasteiger partial charge in [0.15, 0.2) is 0 Å². The standard InChI is InChI=1S/C22H28N2O4/c1-5-27-21(26)24-18-8-6-7-16(15-18)20(25)23-13-14-28-19-11-9-17(10-12-19)22(2,3)4/h6-12,15H,5,13-14H2,1-4H3,(H,23,25)(H,24,26). The number of carbonyl (C=O) groups excluding carboxylic acids is 2. The van der Waals surface area contributed by atoms with Crippen molar-refractivity contribution in [3.05, 3.63) is 59.7 Å². The molecule has 0 aliphatic carbocycles. The molecule has 0 spiro atoms. The smallest absolute Gasteiger partial charge is 0.411 e. The summed E-state index contributed by atoms with van der Waals surface area (Å²) in [7, 11) is 0. The molecule has 0 aliphatic rings. The molecule has 0 atom stereocenters. The second kappa shape index (κ2) is 9.78. The maximum absolute atomic E-state index is 12.3. The van der Waals surface area contributed by atoms with Crippen LogP contribution in [0.1, 0.15) is 43.6 Å². The number of carbonyl (C=O) groups is 2. The summed E-state index contributed by atoms with van der Waals surface area (Å²) in [6.45, 7) is 9.23. The molecule has 28 heavy (non-hydrogen) atoms. The van der Waals surface area contributed by atoms with Crippen LogP contribution in [0.5, 0.6) is 5.75 Å². The highest BCUT2D eigenvalue weighted by molar-refractivity contribution is 5.96. The molecule has 0 saturated heterocycles. The first-order chi connectivity index (χ1) is 13.3. The summed E-state index contributed by atoms with van der Waals surface area (Å²) in [6, 6.07) is 14.6. The topological polar surface area (TPSA) is 76.7 Å². The van der Waals surface area contributed by atoms with Crippen molar-refractivity contribution in [2.45, 2.75) is 33.1 Å². The van der Waals surface area contributed by atoms with Gasteiger partial charge in [0.25, 0.3) is 5.91 Å². The number of benzene rings is 2. The van der Waals surface area contributed by atoms with Gasteiger partial charge in [-0.05, 0) is 48.2 Å². The van der Waals surface area contributed by atoms with Gasteiger partial charge in [-0.15, -0.1) is 0 Å². The second-order valence-corrected chi connectivity index (χ2v) is 7.31. The maximum atomic E-state index is 12.3. The summed E-state index contributed by atoms with van der Waals surface area (Å²) >= 11 is 0. The molecule has 0 aliphatic heterocycles. The number of anilines is 1. The monoisotopic (exact) mass is 384 g/mol. The first-order valence-electron chi connectivity index (χ1n) is 9.35. The molecule has 150 valence electrons. The van der Waals surface area contributed by atoms with Gasteiger partial charge in [0.05, 0.1) is 13.2 Å². The van der Waals surface area contributed by atoms with E-state index in [9.17, 15) is 9.59 Å². The molecule has 0 unspecified atom stereocenters. The second-order valence-electron chi connectivity index (χ2n) is 7.31. The van der Waals surface area contributed by atoms with Gasteiger partial charge in [-0.2, -0.15) is 0 Å². The van der Waals surface area contributed by atoms with Crippen molar-refractivity contribution in [1.82, 2.24) is 5.32 Å². The minimum absolute atomic E-state index is 0.100. The van der Waals surface area contributed by atoms with Gasteiger partial charge in [0.1, 0.15) is 12.4 Å². The number of hydrogen-bond donors (Lipinski definition) is 2. The Hall–Kier alpha value is -3.02. The number of ether oxygens (including phenoxy) is 2. The number of amides is 2. The van der Waals surface area contributed by atoms with Crippen molar-refractivity contribution in [2.24, 2.45) is 0 Å². The van der Waals surface area contributed by atoms with Crippen LogP contribution in [-0.2, 0) is 10.2 Å². The van der Waals surface area contributed by atoms with Gasteiger partial charge >= 0.3 is 6.09 Å². The maximum Gasteiger partial charge on any atom is 0.411 e. The molecule has 6 heteroatoms. The Morgan fingerprint density at radius 2 is 1.75 bits per heavy atom. The fourth-order valence-corrected chi connectivity index (χ4v) is 2.51. The molecule has 2 aromatic carbocycles. The van der Waals surface area contributed by atoms with E-state index in [1.165, 1.54) is 5.56 Å². The highest BCUT2D eigenvalue weighted by Crippen LogP contribution is 2.24. The molecule has 2 aromatic rings. The van der Waals surface area contributed by atoms with Crippen molar-refractivity contribution in [3.8, 4) is 5.75 Å². The summed E-state index contributed by atoms with van der Waals surface area (Å²) in [5.41, 5.74) is 2.29. The lowest BCUT2D eigenvalue weighted by Gasteiger charge is -2.19. The SMILES string of the molecule is CCOC(=O)Nc1cccc(C(=O)NCCOc2ccc(C(C)(C)C)cc2)c1. The average Bonchev–Trinajstić information content (AvgIpc) is 2.65. The third-order valence-corrected chi connectivity index (χ3v) is 4.02. The molecule has 0 aromatic heterocycles. The van der Waals surface area contributed by atoms with E-state index >= 15 is 0 Å². The molecule has 0 heterocycles. The predicted octanol–water partition coefficient (Wildman–Crippen LogP) is 4.36. The van der Waals surface area contributed by atoms with Crippen LogP contribution in [-0.4, -0.2) is 31.8 Å². The third kappa shape index (κ3) is 6.61. The Labute approximate surface area is 166 Å². The normalized spacial score (nSPS) is 10.9. The molecule has 2 N–H and O–H groups in total. The Kier molecular flexibility index (Phi) is 7.44. The minimum atomic E-state index is -0.550. The van der Waals surface area contributed by atoms with Gasteiger partial charge in [0, 0.05) is 11.3 Å². The lowest BCUT2D eigenvalue weighted by atomic mass is 9.87. The van der Waals surface area contributed by atoms with Crippen molar-refractivity contribution in [3.63, 3.8) is 0 Å². The van der Waals surface area contributed by atoms with Crippen LogP contribution in [0.25, 0.3) is 0 Å². The van der Waals surface area contributed by atoms with E-state index in [-0.39, 0.29) is 17.9 Å². The zero-order chi connectivity index (χ0) is 20.6. The van der Waals surface area contributed by atoms with Crippen molar-refractivity contribution < 1.29 is 19.1 Å². The Balaban J connectivity index is 1.80. The van der Waals surface area contributed by atoms with E-state index in [0.29, 0.717) is 24.4 Å². The lowest BCUT2D eigenvalue weighted by molar-refractivity contribution is 0.0947. The summed E-state index contributed by atoms with van der Waals surface area (Å²) in [6.07, 6.45) is -0.550. The molecular weight excluding hydrogens is 356 g/mol. The van der Waals surface area contributed by atoms with Gasteiger partial charge in [-0.25, -0.2) is 4.79 Å². The van der Waals surface area contributed by atoms with E-state index in [1.807, 2.05) is 12.1 Å². The highest BCUT2D eigenvalue weighted by Gasteiger charge is 2.13. The number of rotatable bonds is 7. The van der Waals surface area contributed by atoms with Crippen LogP contribution in [0, 0.1) is 0 Å². The predicted molar refractivity (Wildman–Crippen MR) is 110 cm³/mol. The lowest BCUT2D eigenvalue weighted by Crippen LogP contribution is -2.28. The molecule has 0 saturated carbocycles. The average molecular weight is 384 g/mol.